The van der Waals surface area contributed by atoms with Gasteiger partial charge in [-0.2, -0.15) is 0 Å². The van der Waals surface area contributed by atoms with Gasteiger partial charge in [-0.15, -0.1) is 12.4 Å². The van der Waals surface area contributed by atoms with E-state index in [0.29, 0.717) is 17.8 Å². The number of amides is 2. The van der Waals surface area contributed by atoms with Crippen molar-refractivity contribution in [2.24, 2.45) is 17.8 Å². The topological polar surface area (TPSA) is 78.0 Å². The first-order valence-corrected chi connectivity index (χ1v) is 14.6. The van der Waals surface area contributed by atoms with Gasteiger partial charge in [-0.1, -0.05) is 37.6 Å². The summed E-state index contributed by atoms with van der Waals surface area (Å²) < 4.78 is 25.6. The molecule has 1 unspecified atom stereocenters. The van der Waals surface area contributed by atoms with Gasteiger partial charge in [-0.3, -0.25) is 14.5 Å². The number of hydrogen-bond acceptors (Lipinski definition) is 5. The predicted molar refractivity (Wildman–Crippen MR) is 142 cm³/mol. The molecule has 3 heterocycles. The summed E-state index contributed by atoms with van der Waals surface area (Å²) in [4.78, 5) is 30.6. The quantitative estimate of drug-likeness (QED) is 0.538. The maximum Gasteiger partial charge on any atom is 0.254 e. The molecule has 1 aromatic carbocycles. The summed E-state index contributed by atoms with van der Waals surface area (Å²) in [6, 6.07) is 7.20. The predicted octanol–water partition coefficient (Wildman–Crippen LogP) is 3.82. The van der Waals surface area contributed by atoms with E-state index in [4.69, 9.17) is 0 Å². The average Bonchev–Trinajstić information content (AvgIpc) is 3.35. The summed E-state index contributed by atoms with van der Waals surface area (Å²) in [5.74, 6) is -0.506. The monoisotopic (exact) mass is 533 g/mol. The highest BCUT2D eigenvalue weighted by Crippen LogP contribution is 2.42. The lowest BCUT2D eigenvalue weighted by molar-refractivity contribution is -0.128. The van der Waals surface area contributed by atoms with E-state index in [1.807, 2.05) is 38.1 Å². The molecule has 36 heavy (non-hydrogen) atoms. The molecule has 7 nitrogen and oxygen atoms in total. The highest BCUT2D eigenvalue weighted by Gasteiger charge is 2.54. The first-order chi connectivity index (χ1) is 16.6. The number of rotatable bonds is 5. The maximum absolute atomic E-state index is 13.5. The van der Waals surface area contributed by atoms with Crippen LogP contribution in [0.5, 0.6) is 0 Å². The lowest BCUT2D eigenvalue weighted by Gasteiger charge is -2.36. The molecule has 0 bridgehead atoms. The zero-order chi connectivity index (χ0) is 24.9. The Kier molecular flexibility index (Phi) is 7.70. The smallest absolute Gasteiger partial charge is 0.254 e. The van der Waals surface area contributed by atoms with E-state index in [1.165, 1.54) is 31.2 Å². The molecule has 4 aliphatic rings. The SMILES string of the molecule is CC(C)[C@H]1C(=O)N(S(C)(=O)=O)C2=CCN(C(=O)c3ccc(CN4CCC5CCCC=C5C4)cc3)[C@@H]21.Cl. The van der Waals surface area contributed by atoms with Crippen molar-refractivity contribution in [1.29, 1.82) is 0 Å². The van der Waals surface area contributed by atoms with Crippen LogP contribution in [0.4, 0.5) is 0 Å². The summed E-state index contributed by atoms with van der Waals surface area (Å²) in [6.07, 6.45) is 10.3. The van der Waals surface area contributed by atoms with E-state index in [-0.39, 0.29) is 24.2 Å². The van der Waals surface area contributed by atoms with Crippen LogP contribution in [0, 0.1) is 17.8 Å². The van der Waals surface area contributed by atoms with Crippen LogP contribution in [-0.2, 0) is 21.4 Å². The van der Waals surface area contributed by atoms with Gasteiger partial charge in [-0.05, 0) is 67.8 Å². The zero-order valence-electron chi connectivity index (χ0n) is 21.2. The minimum absolute atomic E-state index is 0. The van der Waals surface area contributed by atoms with Crippen LogP contribution in [-0.4, -0.2) is 66.3 Å². The molecule has 3 aliphatic heterocycles. The Bertz CT molecular complexity index is 1190. The first kappa shape index (κ1) is 26.9. The number of carbonyl (C=O) groups is 2. The third-order valence-corrected chi connectivity index (χ3v) is 9.06. The van der Waals surface area contributed by atoms with E-state index < -0.39 is 27.9 Å². The maximum atomic E-state index is 13.5. The molecule has 0 spiro atoms. The Balaban J connectivity index is 0.00000304. The van der Waals surface area contributed by atoms with Gasteiger partial charge in [0, 0.05) is 25.2 Å². The van der Waals surface area contributed by atoms with Crippen LogP contribution < -0.4 is 0 Å². The molecule has 196 valence electrons. The molecule has 3 atom stereocenters. The van der Waals surface area contributed by atoms with Crippen molar-refractivity contribution in [3.63, 3.8) is 0 Å². The summed E-state index contributed by atoms with van der Waals surface area (Å²) >= 11 is 0. The van der Waals surface area contributed by atoms with Crippen LogP contribution >= 0.6 is 12.4 Å². The zero-order valence-corrected chi connectivity index (χ0v) is 22.9. The number of sulfonamides is 1. The minimum Gasteiger partial charge on any atom is -0.325 e. The molecule has 2 saturated heterocycles. The van der Waals surface area contributed by atoms with Gasteiger partial charge in [0.05, 0.1) is 23.9 Å². The Morgan fingerprint density at radius 1 is 1.11 bits per heavy atom. The van der Waals surface area contributed by atoms with Crippen LogP contribution in [0.15, 0.2) is 47.7 Å². The Morgan fingerprint density at radius 3 is 2.50 bits per heavy atom. The van der Waals surface area contributed by atoms with Crippen LogP contribution in [0.2, 0.25) is 0 Å². The number of halogens is 1. The Hall–Kier alpha value is -2.16. The number of fused-ring (bicyclic) bond motifs is 2. The molecule has 1 aliphatic carbocycles. The molecular weight excluding hydrogens is 498 g/mol. The van der Waals surface area contributed by atoms with Crippen LogP contribution in [0.25, 0.3) is 0 Å². The van der Waals surface area contributed by atoms with Crippen LogP contribution in [0.3, 0.4) is 0 Å². The van der Waals surface area contributed by atoms with Crippen LogP contribution in [0.1, 0.15) is 55.5 Å². The number of nitrogens with zero attached hydrogens (tertiary/aromatic N) is 3. The highest BCUT2D eigenvalue weighted by molar-refractivity contribution is 7.89. The molecule has 0 radical (unpaired) electrons. The molecule has 2 amide bonds. The van der Waals surface area contributed by atoms with E-state index >= 15 is 0 Å². The fourth-order valence-corrected chi connectivity index (χ4v) is 7.31. The molecule has 0 saturated carbocycles. The second-order valence-corrected chi connectivity index (χ2v) is 12.6. The van der Waals surface area contributed by atoms with E-state index in [9.17, 15) is 18.0 Å². The van der Waals surface area contributed by atoms with Gasteiger partial charge < -0.3 is 4.90 Å². The molecular formula is C27H36ClN3O4S. The average molecular weight is 534 g/mol. The third-order valence-electron chi connectivity index (χ3n) is 8.00. The van der Waals surface area contributed by atoms with Gasteiger partial charge >= 0.3 is 0 Å². The minimum atomic E-state index is -3.74. The van der Waals surface area contributed by atoms with Crippen molar-refractivity contribution < 1.29 is 18.0 Å². The van der Waals surface area contributed by atoms with Crippen molar-refractivity contribution in [3.05, 3.63) is 58.8 Å². The summed E-state index contributed by atoms with van der Waals surface area (Å²) in [5.41, 5.74) is 3.75. The highest BCUT2D eigenvalue weighted by atomic mass is 35.5. The normalized spacial score (nSPS) is 26.3. The number of likely N-dealkylation sites (tertiary alicyclic amines) is 1. The fourth-order valence-electron chi connectivity index (χ4n) is 6.29. The summed E-state index contributed by atoms with van der Waals surface area (Å²) in [6.45, 7) is 7.10. The second-order valence-electron chi connectivity index (χ2n) is 10.8. The van der Waals surface area contributed by atoms with Crippen molar-refractivity contribution in [2.45, 2.75) is 52.1 Å². The number of benzene rings is 1. The van der Waals surface area contributed by atoms with E-state index in [1.54, 1.807) is 16.5 Å². The van der Waals surface area contributed by atoms with Gasteiger partial charge in [-0.25, -0.2) is 12.7 Å². The number of hydrogen-bond donors (Lipinski definition) is 0. The number of allylic oxidation sites excluding steroid dienone is 1. The largest absolute Gasteiger partial charge is 0.325 e. The van der Waals surface area contributed by atoms with Gasteiger partial charge in [0.2, 0.25) is 15.9 Å². The lowest BCUT2D eigenvalue weighted by atomic mass is 9.82. The number of piperidine rings is 1. The van der Waals surface area contributed by atoms with Gasteiger partial charge in [0.25, 0.3) is 5.91 Å². The van der Waals surface area contributed by atoms with Crippen molar-refractivity contribution in [1.82, 2.24) is 14.1 Å². The second kappa shape index (κ2) is 10.3. The number of carbonyl (C=O) groups excluding carboxylic acids is 2. The Labute approximate surface area is 220 Å². The van der Waals surface area contributed by atoms with Crippen molar-refractivity contribution in [2.75, 3.05) is 25.9 Å². The van der Waals surface area contributed by atoms with E-state index in [0.717, 1.165) is 36.1 Å². The summed E-state index contributed by atoms with van der Waals surface area (Å²) in [7, 11) is -3.74. The molecule has 5 rings (SSSR count). The molecule has 0 N–H and O–H groups in total. The van der Waals surface area contributed by atoms with Crippen molar-refractivity contribution >= 4 is 34.2 Å². The van der Waals surface area contributed by atoms with Gasteiger partial charge in [0.1, 0.15) is 0 Å². The molecule has 2 fully saturated rings. The third kappa shape index (κ3) is 4.87. The molecule has 0 aromatic heterocycles. The van der Waals surface area contributed by atoms with Crippen molar-refractivity contribution in [3.8, 4) is 0 Å². The van der Waals surface area contributed by atoms with E-state index in [2.05, 4.69) is 11.0 Å². The fraction of sp³-hybridized carbons (Fsp3) is 0.556. The van der Waals surface area contributed by atoms with Gasteiger partial charge in [0.15, 0.2) is 0 Å². The summed E-state index contributed by atoms with van der Waals surface area (Å²) in [5, 5.41) is 0. The standard InChI is InChI=1S/C27H35N3O4S.ClH/c1-18(2)24-25-23(30(27(24)32)35(3,33)34)13-15-29(25)26(31)21-10-8-19(9-11-21)16-28-14-12-20-6-4-5-7-22(20)17-28;/h7-11,13,18,20,24-25H,4-6,12,14-17H2,1-3H3;1H/t20?,24-,25+;/m1./s1. The Morgan fingerprint density at radius 2 is 1.83 bits per heavy atom. The molecule has 1 aromatic rings. The first-order valence-electron chi connectivity index (χ1n) is 12.7. The molecule has 9 heteroatoms. The lowest BCUT2D eigenvalue weighted by Crippen LogP contribution is -2.43.